The van der Waals surface area contributed by atoms with E-state index in [0.29, 0.717) is 13.1 Å². The Labute approximate surface area is 76.7 Å². The normalized spacial score (nSPS) is 24.3. The fourth-order valence-corrected chi connectivity index (χ4v) is 1.27. The molecule has 5 nitrogen and oxygen atoms in total. The van der Waals surface area contributed by atoms with Crippen molar-refractivity contribution in [2.24, 2.45) is 0 Å². The van der Waals surface area contributed by atoms with Crippen LogP contribution in [0.25, 0.3) is 0 Å². The van der Waals surface area contributed by atoms with Crippen LogP contribution in [0.3, 0.4) is 0 Å². The first-order valence-electron chi connectivity index (χ1n) is 4.14. The predicted octanol–water partition coefficient (Wildman–Crippen LogP) is -1.08. The lowest BCUT2D eigenvalue weighted by Crippen LogP contribution is -2.40. The minimum absolute atomic E-state index is 0.225. The zero-order valence-corrected chi connectivity index (χ0v) is 7.31. The van der Waals surface area contributed by atoms with Crippen molar-refractivity contribution in [3.63, 3.8) is 0 Å². The lowest BCUT2D eigenvalue weighted by molar-refractivity contribution is 0.0699. The maximum Gasteiger partial charge on any atom is 0.318 e. The number of rotatable bonds is 4. The van der Waals surface area contributed by atoms with Gasteiger partial charge in [-0.15, -0.1) is 6.58 Å². The Kier molecular flexibility index (Phi) is 3.27. The van der Waals surface area contributed by atoms with Gasteiger partial charge in [0, 0.05) is 13.1 Å². The van der Waals surface area contributed by atoms with Gasteiger partial charge in [-0.3, -0.25) is 0 Å². The molecule has 0 aromatic rings. The van der Waals surface area contributed by atoms with Crippen molar-refractivity contribution in [1.29, 1.82) is 0 Å². The van der Waals surface area contributed by atoms with Crippen LogP contribution in [0.4, 0.5) is 4.79 Å². The van der Waals surface area contributed by atoms with Crippen LogP contribution in [-0.2, 0) is 0 Å². The first kappa shape index (κ1) is 10.0. The van der Waals surface area contributed by atoms with Gasteiger partial charge < -0.3 is 20.4 Å². The fourth-order valence-electron chi connectivity index (χ4n) is 1.27. The Balaban J connectivity index is 2.49. The van der Waals surface area contributed by atoms with E-state index in [9.17, 15) is 9.90 Å². The molecule has 1 rings (SSSR count). The van der Waals surface area contributed by atoms with Crippen LogP contribution in [-0.4, -0.2) is 53.0 Å². The highest BCUT2D eigenvalue weighted by atomic mass is 16.3. The highest BCUT2D eigenvalue weighted by Crippen LogP contribution is 2.06. The molecule has 0 aliphatic carbocycles. The van der Waals surface area contributed by atoms with Gasteiger partial charge in [0.2, 0.25) is 0 Å². The molecule has 1 aliphatic rings. The number of hydrogen-bond acceptors (Lipinski definition) is 3. The second-order valence-electron chi connectivity index (χ2n) is 3.00. The van der Waals surface area contributed by atoms with Gasteiger partial charge >= 0.3 is 6.03 Å². The minimum Gasteiger partial charge on any atom is -0.394 e. The van der Waals surface area contributed by atoms with E-state index in [-0.39, 0.29) is 18.7 Å². The molecule has 0 unspecified atom stereocenters. The first-order chi connectivity index (χ1) is 6.19. The molecule has 13 heavy (non-hydrogen) atoms. The van der Waals surface area contributed by atoms with Crippen LogP contribution in [0, 0.1) is 0 Å². The summed E-state index contributed by atoms with van der Waals surface area (Å²) in [6.07, 6.45) is 0.728. The summed E-state index contributed by atoms with van der Waals surface area (Å²) >= 11 is 0. The maximum absolute atomic E-state index is 11.2. The van der Waals surface area contributed by atoms with Crippen LogP contribution in [0.2, 0.25) is 0 Å². The largest absolute Gasteiger partial charge is 0.394 e. The topological polar surface area (TPSA) is 72.8 Å². The molecule has 3 N–H and O–H groups in total. The predicted molar refractivity (Wildman–Crippen MR) is 47.2 cm³/mol. The fraction of sp³-hybridized carbons (Fsp3) is 0.625. The van der Waals surface area contributed by atoms with E-state index in [0.717, 1.165) is 0 Å². The quantitative estimate of drug-likeness (QED) is 0.489. The standard InChI is InChI=1S/C8H14N2O3/c1-2-3-10-4-6(7(12)5-11)9-8(10)13/h2,6-7,11-12H,1,3-5H2,(H,9,13)/t6-,7-/m1/s1. The first-order valence-corrected chi connectivity index (χ1v) is 4.14. The SMILES string of the molecule is C=CCN1C[C@H]([C@H](O)CO)NC1=O. The van der Waals surface area contributed by atoms with Crippen molar-refractivity contribution in [1.82, 2.24) is 10.2 Å². The number of nitrogens with zero attached hydrogens (tertiary/aromatic N) is 1. The van der Waals surface area contributed by atoms with Crippen molar-refractivity contribution in [2.45, 2.75) is 12.1 Å². The average Bonchev–Trinajstić information content (AvgIpc) is 2.47. The molecule has 1 aliphatic heterocycles. The number of carbonyl (C=O) groups excluding carboxylic acids is 1. The summed E-state index contributed by atoms with van der Waals surface area (Å²) in [5, 5.41) is 20.5. The number of urea groups is 1. The molecule has 1 fully saturated rings. The second-order valence-corrected chi connectivity index (χ2v) is 3.00. The Bertz CT molecular complexity index is 208. The van der Waals surface area contributed by atoms with Crippen LogP contribution in [0.5, 0.6) is 0 Å². The zero-order valence-electron chi connectivity index (χ0n) is 7.31. The van der Waals surface area contributed by atoms with Crippen molar-refractivity contribution in [2.75, 3.05) is 19.7 Å². The Hall–Kier alpha value is -1.07. The Morgan fingerprint density at radius 1 is 1.85 bits per heavy atom. The molecular formula is C8H14N2O3. The van der Waals surface area contributed by atoms with Gasteiger partial charge in [0.25, 0.3) is 0 Å². The summed E-state index contributed by atoms with van der Waals surface area (Å²) < 4.78 is 0. The van der Waals surface area contributed by atoms with Gasteiger partial charge in [-0.05, 0) is 0 Å². The van der Waals surface area contributed by atoms with Crippen molar-refractivity contribution in [3.05, 3.63) is 12.7 Å². The zero-order chi connectivity index (χ0) is 9.84. The molecule has 1 heterocycles. The Morgan fingerprint density at radius 3 is 3.08 bits per heavy atom. The molecule has 0 aromatic carbocycles. The van der Waals surface area contributed by atoms with Crippen LogP contribution < -0.4 is 5.32 Å². The van der Waals surface area contributed by atoms with Crippen molar-refractivity contribution in [3.8, 4) is 0 Å². The smallest absolute Gasteiger partial charge is 0.318 e. The lowest BCUT2D eigenvalue weighted by Gasteiger charge is -2.15. The molecule has 0 saturated carbocycles. The van der Waals surface area contributed by atoms with Gasteiger partial charge in [-0.1, -0.05) is 6.08 Å². The number of aliphatic hydroxyl groups is 2. The summed E-state index contributed by atoms with van der Waals surface area (Å²) in [5.41, 5.74) is 0. The molecule has 0 aromatic heterocycles. The number of amides is 2. The summed E-state index contributed by atoms with van der Waals surface area (Å²) in [5.74, 6) is 0. The highest BCUT2D eigenvalue weighted by molar-refractivity contribution is 5.77. The third kappa shape index (κ3) is 2.19. The summed E-state index contributed by atoms with van der Waals surface area (Å²) in [4.78, 5) is 12.7. The molecule has 0 spiro atoms. The molecular weight excluding hydrogens is 172 g/mol. The van der Waals surface area contributed by atoms with E-state index in [1.54, 1.807) is 6.08 Å². The van der Waals surface area contributed by atoms with Gasteiger partial charge in [0.05, 0.1) is 18.8 Å². The Morgan fingerprint density at radius 2 is 2.54 bits per heavy atom. The molecule has 2 atom stereocenters. The molecule has 74 valence electrons. The lowest BCUT2D eigenvalue weighted by atomic mass is 10.2. The summed E-state index contributed by atoms with van der Waals surface area (Å²) in [6, 6.07) is -0.602. The molecule has 2 amide bonds. The minimum atomic E-state index is -0.890. The van der Waals surface area contributed by atoms with Gasteiger partial charge in [0.1, 0.15) is 0 Å². The van der Waals surface area contributed by atoms with Crippen molar-refractivity contribution < 1.29 is 15.0 Å². The summed E-state index contributed by atoms with van der Waals surface area (Å²) in [7, 11) is 0. The van der Waals surface area contributed by atoms with E-state index >= 15 is 0 Å². The van der Waals surface area contributed by atoms with Crippen LogP contribution in [0.15, 0.2) is 12.7 Å². The number of hydrogen-bond donors (Lipinski definition) is 3. The molecule has 0 radical (unpaired) electrons. The molecule has 0 bridgehead atoms. The van der Waals surface area contributed by atoms with E-state index in [1.165, 1.54) is 4.90 Å². The summed E-state index contributed by atoms with van der Waals surface area (Å²) in [6.45, 7) is 4.04. The van der Waals surface area contributed by atoms with Crippen LogP contribution in [0.1, 0.15) is 0 Å². The third-order valence-corrected chi connectivity index (χ3v) is 2.01. The van der Waals surface area contributed by atoms with Gasteiger partial charge in [-0.25, -0.2) is 4.79 Å². The van der Waals surface area contributed by atoms with Crippen LogP contribution >= 0.6 is 0 Å². The maximum atomic E-state index is 11.2. The van der Waals surface area contributed by atoms with E-state index in [2.05, 4.69) is 11.9 Å². The highest BCUT2D eigenvalue weighted by Gasteiger charge is 2.31. The molecule has 1 saturated heterocycles. The molecule has 5 heteroatoms. The van der Waals surface area contributed by atoms with Gasteiger partial charge in [-0.2, -0.15) is 0 Å². The number of nitrogens with one attached hydrogen (secondary N) is 1. The van der Waals surface area contributed by atoms with Gasteiger partial charge in [0.15, 0.2) is 0 Å². The number of aliphatic hydroxyl groups excluding tert-OH is 2. The van der Waals surface area contributed by atoms with E-state index < -0.39 is 6.10 Å². The third-order valence-electron chi connectivity index (χ3n) is 2.01. The van der Waals surface area contributed by atoms with E-state index in [1.807, 2.05) is 0 Å². The van der Waals surface area contributed by atoms with Crippen molar-refractivity contribution >= 4 is 6.03 Å². The number of carbonyl (C=O) groups is 1. The second kappa shape index (κ2) is 4.25. The average molecular weight is 186 g/mol. The van der Waals surface area contributed by atoms with E-state index in [4.69, 9.17) is 5.11 Å². The monoisotopic (exact) mass is 186 g/mol.